The number of hydrogen-bond donors (Lipinski definition) is 0. The zero-order chi connectivity index (χ0) is 17.3. The molecule has 124 valence electrons. The van der Waals surface area contributed by atoms with E-state index in [0.717, 1.165) is 15.2 Å². The van der Waals surface area contributed by atoms with Gasteiger partial charge in [0.05, 0.1) is 15.2 Å². The maximum Gasteiger partial charge on any atom is 0.357 e. The van der Waals surface area contributed by atoms with E-state index in [-0.39, 0.29) is 5.69 Å². The number of fused-ring (bicyclic) bond motifs is 1. The Balaban J connectivity index is 1.81. The van der Waals surface area contributed by atoms with E-state index in [1.54, 1.807) is 23.5 Å². The van der Waals surface area contributed by atoms with Gasteiger partial charge in [-0.1, -0.05) is 0 Å². The number of ether oxygens (including phenoxy) is 2. The predicted molar refractivity (Wildman–Crippen MR) is 93.8 cm³/mol. The van der Waals surface area contributed by atoms with Gasteiger partial charge in [0, 0.05) is 18.3 Å². The Morgan fingerprint density at radius 2 is 1.88 bits per heavy atom. The third-order valence-corrected chi connectivity index (χ3v) is 3.98. The predicted octanol–water partition coefficient (Wildman–Crippen LogP) is 4.75. The number of thiazole rings is 1. The Kier molecular flexibility index (Phi) is 4.24. The van der Waals surface area contributed by atoms with Crippen LogP contribution in [0, 0.1) is 6.92 Å². The molecule has 0 radical (unpaired) electrons. The zero-order valence-corrected chi connectivity index (χ0v) is 14.8. The van der Waals surface area contributed by atoms with Crippen molar-refractivity contribution in [1.82, 2.24) is 9.97 Å². The molecule has 0 N–H and O–H groups in total. The lowest BCUT2D eigenvalue weighted by Gasteiger charge is -2.19. The van der Waals surface area contributed by atoms with Crippen LogP contribution < -0.4 is 4.74 Å². The van der Waals surface area contributed by atoms with Crippen molar-refractivity contribution in [2.45, 2.75) is 33.3 Å². The molecule has 0 atom stereocenters. The minimum Gasteiger partial charge on any atom is -0.457 e. The van der Waals surface area contributed by atoms with Crippen LogP contribution in [0.1, 0.15) is 36.3 Å². The standard InChI is InChI=1S/C18H18N2O3S/c1-11-20-14-6-5-12(10-16(14)24-11)22-13-7-8-19-15(9-13)17(21)23-18(2,3)4/h5-10H,1-4H3. The fraction of sp³-hybridized carbons (Fsp3) is 0.278. The van der Waals surface area contributed by atoms with E-state index in [1.807, 2.05) is 45.9 Å². The molecule has 0 spiro atoms. The number of carbonyl (C=O) groups excluding carboxylic acids is 1. The van der Waals surface area contributed by atoms with E-state index >= 15 is 0 Å². The zero-order valence-electron chi connectivity index (χ0n) is 14.0. The summed E-state index contributed by atoms with van der Waals surface area (Å²) in [6.07, 6.45) is 1.53. The van der Waals surface area contributed by atoms with Crippen LogP contribution in [0.25, 0.3) is 10.2 Å². The molecule has 0 unspecified atom stereocenters. The number of carbonyl (C=O) groups is 1. The average molecular weight is 342 g/mol. The second-order valence-corrected chi connectivity index (χ2v) is 7.58. The highest BCUT2D eigenvalue weighted by molar-refractivity contribution is 7.18. The summed E-state index contributed by atoms with van der Waals surface area (Å²) in [4.78, 5) is 20.6. The van der Waals surface area contributed by atoms with Crippen LogP contribution in [0.3, 0.4) is 0 Å². The largest absolute Gasteiger partial charge is 0.457 e. The minimum absolute atomic E-state index is 0.220. The third-order valence-electron chi connectivity index (χ3n) is 3.04. The highest BCUT2D eigenvalue weighted by Crippen LogP contribution is 2.29. The summed E-state index contributed by atoms with van der Waals surface area (Å²) in [5.74, 6) is 0.750. The van der Waals surface area contributed by atoms with E-state index in [1.165, 1.54) is 6.20 Å². The van der Waals surface area contributed by atoms with Gasteiger partial charge in [-0.25, -0.2) is 14.8 Å². The first-order valence-corrected chi connectivity index (χ1v) is 8.36. The molecular weight excluding hydrogens is 324 g/mol. The van der Waals surface area contributed by atoms with Crippen LogP contribution >= 0.6 is 11.3 Å². The van der Waals surface area contributed by atoms with Crippen LogP contribution in [0.15, 0.2) is 36.5 Å². The van der Waals surface area contributed by atoms with Crippen LogP contribution in [-0.2, 0) is 4.74 Å². The molecule has 0 aliphatic rings. The van der Waals surface area contributed by atoms with Crippen molar-refractivity contribution in [2.24, 2.45) is 0 Å². The topological polar surface area (TPSA) is 61.3 Å². The lowest BCUT2D eigenvalue weighted by molar-refractivity contribution is 0.00625. The second kappa shape index (κ2) is 6.20. The van der Waals surface area contributed by atoms with Gasteiger partial charge >= 0.3 is 5.97 Å². The number of pyridine rings is 1. The van der Waals surface area contributed by atoms with Crippen LogP contribution in [0.2, 0.25) is 0 Å². The molecule has 0 saturated carbocycles. The van der Waals surface area contributed by atoms with Crippen LogP contribution in [0.5, 0.6) is 11.5 Å². The summed E-state index contributed by atoms with van der Waals surface area (Å²) in [6.45, 7) is 7.42. The molecule has 3 rings (SSSR count). The van der Waals surface area contributed by atoms with Crippen molar-refractivity contribution in [2.75, 3.05) is 0 Å². The third kappa shape index (κ3) is 3.89. The first-order chi connectivity index (χ1) is 11.3. The molecule has 0 bridgehead atoms. The fourth-order valence-electron chi connectivity index (χ4n) is 2.14. The molecule has 0 aliphatic carbocycles. The quantitative estimate of drug-likeness (QED) is 0.643. The SMILES string of the molecule is Cc1nc2ccc(Oc3ccnc(C(=O)OC(C)(C)C)c3)cc2s1. The molecule has 2 heterocycles. The van der Waals surface area contributed by atoms with E-state index in [0.29, 0.717) is 11.5 Å². The van der Waals surface area contributed by atoms with Gasteiger partial charge in [0.1, 0.15) is 17.1 Å². The Hall–Kier alpha value is -2.47. The van der Waals surface area contributed by atoms with Gasteiger partial charge in [0.2, 0.25) is 0 Å². The van der Waals surface area contributed by atoms with Gasteiger partial charge in [-0.05, 0) is 45.9 Å². The first kappa shape index (κ1) is 16.4. The second-order valence-electron chi connectivity index (χ2n) is 6.34. The lowest BCUT2D eigenvalue weighted by atomic mass is 10.2. The smallest absolute Gasteiger partial charge is 0.357 e. The van der Waals surface area contributed by atoms with Gasteiger partial charge in [-0.2, -0.15) is 0 Å². The minimum atomic E-state index is -0.565. The molecule has 6 heteroatoms. The van der Waals surface area contributed by atoms with E-state index in [2.05, 4.69) is 9.97 Å². The Morgan fingerprint density at radius 1 is 1.12 bits per heavy atom. The van der Waals surface area contributed by atoms with Crippen molar-refractivity contribution in [3.63, 3.8) is 0 Å². The van der Waals surface area contributed by atoms with Crippen molar-refractivity contribution in [3.8, 4) is 11.5 Å². The number of hydrogen-bond acceptors (Lipinski definition) is 6. The maximum absolute atomic E-state index is 12.1. The summed E-state index contributed by atoms with van der Waals surface area (Å²) in [5.41, 5.74) is 0.608. The molecule has 5 nitrogen and oxygen atoms in total. The van der Waals surface area contributed by atoms with Crippen molar-refractivity contribution in [1.29, 1.82) is 0 Å². The van der Waals surface area contributed by atoms with Crippen LogP contribution in [0.4, 0.5) is 0 Å². The van der Waals surface area contributed by atoms with Crippen molar-refractivity contribution >= 4 is 27.5 Å². The van der Waals surface area contributed by atoms with Crippen LogP contribution in [-0.4, -0.2) is 21.5 Å². The molecule has 0 amide bonds. The summed E-state index contributed by atoms with van der Waals surface area (Å²) in [7, 11) is 0. The average Bonchev–Trinajstić information content (AvgIpc) is 2.85. The molecule has 0 aliphatic heterocycles. The monoisotopic (exact) mass is 342 g/mol. The Labute approximate surface area is 144 Å². The Bertz CT molecular complexity index is 897. The molecule has 0 fully saturated rings. The Morgan fingerprint density at radius 3 is 2.62 bits per heavy atom. The summed E-state index contributed by atoms with van der Waals surface area (Å²) < 4.78 is 12.2. The summed E-state index contributed by atoms with van der Waals surface area (Å²) in [6, 6.07) is 9.00. The number of esters is 1. The van der Waals surface area contributed by atoms with E-state index in [9.17, 15) is 4.79 Å². The molecule has 24 heavy (non-hydrogen) atoms. The van der Waals surface area contributed by atoms with Gasteiger partial charge in [-0.15, -0.1) is 11.3 Å². The summed E-state index contributed by atoms with van der Waals surface area (Å²) in [5, 5.41) is 1.01. The lowest BCUT2D eigenvalue weighted by Crippen LogP contribution is -2.24. The molecule has 3 aromatic rings. The van der Waals surface area contributed by atoms with Crippen molar-refractivity contribution < 1.29 is 14.3 Å². The number of rotatable bonds is 3. The molecular formula is C18H18N2O3S. The first-order valence-electron chi connectivity index (χ1n) is 7.55. The van der Waals surface area contributed by atoms with E-state index in [4.69, 9.17) is 9.47 Å². The molecule has 0 saturated heterocycles. The molecule has 1 aromatic carbocycles. The highest BCUT2D eigenvalue weighted by Gasteiger charge is 2.19. The van der Waals surface area contributed by atoms with Crippen molar-refractivity contribution in [3.05, 3.63) is 47.2 Å². The van der Waals surface area contributed by atoms with E-state index < -0.39 is 11.6 Å². The molecule has 2 aromatic heterocycles. The van der Waals surface area contributed by atoms with Gasteiger partial charge < -0.3 is 9.47 Å². The summed E-state index contributed by atoms with van der Waals surface area (Å²) >= 11 is 1.61. The van der Waals surface area contributed by atoms with Gasteiger partial charge in [0.25, 0.3) is 0 Å². The fourth-order valence-corrected chi connectivity index (χ4v) is 2.99. The number of aromatic nitrogens is 2. The number of benzene rings is 1. The maximum atomic E-state index is 12.1. The highest BCUT2D eigenvalue weighted by atomic mass is 32.1. The van der Waals surface area contributed by atoms with Gasteiger partial charge in [0.15, 0.2) is 5.69 Å². The number of nitrogens with zero attached hydrogens (tertiary/aromatic N) is 2. The number of aryl methyl sites for hydroxylation is 1. The normalized spacial score (nSPS) is 11.5. The van der Waals surface area contributed by atoms with Gasteiger partial charge in [-0.3, -0.25) is 0 Å².